The van der Waals surface area contributed by atoms with Gasteiger partial charge in [0.25, 0.3) is 0 Å². The summed E-state index contributed by atoms with van der Waals surface area (Å²) in [5.41, 5.74) is 7.35. The molecule has 10 heteroatoms. The highest BCUT2D eigenvalue weighted by molar-refractivity contribution is 6.41. The molecule has 0 bridgehead atoms. The highest BCUT2D eigenvalue weighted by Gasteiger charge is 2.18. The number of methoxy groups -OCH3 is 2. The maximum Gasteiger partial charge on any atom is 0.220 e. The van der Waals surface area contributed by atoms with Gasteiger partial charge in [-0.25, -0.2) is 9.97 Å². The second-order valence-electron chi connectivity index (χ2n) is 7.13. The first-order chi connectivity index (χ1) is 14.8. The summed E-state index contributed by atoms with van der Waals surface area (Å²) in [6.45, 7) is 5.62. The Labute approximate surface area is 191 Å². The highest BCUT2D eigenvalue weighted by atomic mass is 35.5. The molecule has 0 aliphatic rings. The molecule has 166 valence electrons. The Morgan fingerprint density at radius 3 is 2.39 bits per heavy atom. The molecule has 1 aromatic carbocycles. The van der Waals surface area contributed by atoms with Crippen LogP contribution in [0.15, 0.2) is 18.3 Å². The van der Waals surface area contributed by atoms with Crippen molar-refractivity contribution in [3.8, 4) is 22.8 Å². The first kappa shape index (κ1) is 23.1. The van der Waals surface area contributed by atoms with Crippen LogP contribution in [0.5, 0.6) is 11.5 Å². The number of nitrogen functional groups attached to an aromatic ring is 1. The molecule has 3 aromatic rings. The van der Waals surface area contributed by atoms with Gasteiger partial charge >= 0.3 is 0 Å². The van der Waals surface area contributed by atoms with Gasteiger partial charge in [0.15, 0.2) is 0 Å². The fourth-order valence-electron chi connectivity index (χ4n) is 3.04. The molecule has 2 heterocycles. The average Bonchev–Trinajstić information content (AvgIpc) is 2.74. The lowest BCUT2D eigenvalue weighted by Crippen LogP contribution is -2.24. The molecule has 3 rings (SSSR count). The van der Waals surface area contributed by atoms with Crippen LogP contribution in [0.25, 0.3) is 27.5 Å². The lowest BCUT2D eigenvalue weighted by Gasteiger charge is -2.22. The predicted molar refractivity (Wildman–Crippen MR) is 126 cm³/mol. The lowest BCUT2D eigenvalue weighted by atomic mass is 10.1. The van der Waals surface area contributed by atoms with Crippen LogP contribution >= 0.6 is 23.2 Å². The van der Waals surface area contributed by atoms with E-state index in [0.717, 1.165) is 13.0 Å². The van der Waals surface area contributed by atoms with Crippen LogP contribution in [0, 0.1) is 0 Å². The van der Waals surface area contributed by atoms with E-state index in [1.54, 1.807) is 18.3 Å². The summed E-state index contributed by atoms with van der Waals surface area (Å²) in [6, 6.07) is 3.84. The number of nitrogens with two attached hydrogens (primary N) is 1. The van der Waals surface area contributed by atoms with Gasteiger partial charge < -0.3 is 30.8 Å². The van der Waals surface area contributed by atoms with E-state index in [1.165, 1.54) is 14.2 Å². The molecule has 0 aliphatic carbocycles. The van der Waals surface area contributed by atoms with E-state index in [1.807, 2.05) is 0 Å². The van der Waals surface area contributed by atoms with Gasteiger partial charge in [0, 0.05) is 29.3 Å². The molecule has 0 saturated heterocycles. The number of nitrogens with one attached hydrogen (secondary N) is 1. The summed E-state index contributed by atoms with van der Waals surface area (Å²) in [6.07, 6.45) is 2.47. The largest absolute Gasteiger partial charge is 0.495 e. The number of fused-ring (bicyclic) bond motifs is 1. The lowest BCUT2D eigenvalue weighted by molar-refractivity contribution is 0.395. The number of hydrogen-bond acceptors (Lipinski definition) is 7. The van der Waals surface area contributed by atoms with Crippen LogP contribution in [0.4, 0.5) is 11.8 Å². The van der Waals surface area contributed by atoms with Gasteiger partial charge in [-0.15, -0.1) is 0 Å². The van der Waals surface area contributed by atoms with Gasteiger partial charge in [0.2, 0.25) is 5.95 Å². The van der Waals surface area contributed by atoms with Gasteiger partial charge in [0.05, 0.1) is 29.8 Å². The Balaban J connectivity index is 2.07. The number of halogens is 2. The third-order valence-corrected chi connectivity index (χ3v) is 5.30. The van der Waals surface area contributed by atoms with Crippen LogP contribution in [0.3, 0.4) is 0 Å². The summed E-state index contributed by atoms with van der Waals surface area (Å²) < 4.78 is 10.8. The van der Waals surface area contributed by atoms with Crippen molar-refractivity contribution in [2.24, 2.45) is 0 Å². The molecule has 2 aromatic heterocycles. The van der Waals surface area contributed by atoms with Crippen molar-refractivity contribution in [2.75, 3.05) is 33.0 Å². The number of pyridine rings is 1. The fourth-order valence-corrected chi connectivity index (χ4v) is 3.73. The van der Waals surface area contributed by atoms with Crippen LogP contribution < -0.4 is 20.5 Å². The topological polar surface area (TPSA) is 109 Å². The normalized spacial score (nSPS) is 11.2. The second kappa shape index (κ2) is 10.2. The average molecular weight is 464 g/mol. The van der Waals surface area contributed by atoms with Crippen LogP contribution in [0.1, 0.15) is 20.3 Å². The molecular formula is C21H25Cl2N6O2-. The van der Waals surface area contributed by atoms with Gasteiger partial charge in [-0.1, -0.05) is 37.0 Å². The molecule has 0 radical (unpaired) electrons. The summed E-state index contributed by atoms with van der Waals surface area (Å²) in [7, 11) is 3.05. The minimum atomic E-state index is 0.152. The first-order valence-corrected chi connectivity index (χ1v) is 10.6. The zero-order chi connectivity index (χ0) is 22.5. The number of rotatable bonds is 9. The maximum absolute atomic E-state index is 6.59. The smallest absolute Gasteiger partial charge is 0.220 e. The minimum absolute atomic E-state index is 0.152. The third kappa shape index (κ3) is 5.20. The number of aromatic nitrogens is 3. The van der Waals surface area contributed by atoms with E-state index < -0.39 is 0 Å². The number of ether oxygens (including phenoxy) is 2. The van der Waals surface area contributed by atoms with Gasteiger partial charge in [-0.3, -0.25) is 0 Å². The van der Waals surface area contributed by atoms with Crippen molar-refractivity contribution < 1.29 is 9.47 Å². The Kier molecular flexibility index (Phi) is 7.59. The zero-order valence-corrected chi connectivity index (χ0v) is 19.4. The molecule has 0 amide bonds. The molecule has 0 spiro atoms. The SMILES string of the molecule is COc1cc(OC)c(Cl)c(-c2cc3cnc(N)nc3c([N-]CCCNC(C)C)n2)c1Cl. The van der Waals surface area contributed by atoms with Crippen molar-refractivity contribution in [1.82, 2.24) is 20.3 Å². The van der Waals surface area contributed by atoms with Crippen molar-refractivity contribution in [3.05, 3.63) is 33.7 Å². The minimum Gasteiger partial charge on any atom is -0.495 e. The Morgan fingerprint density at radius 1 is 1.10 bits per heavy atom. The van der Waals surface area contributed by atoms with E-state index in [0.29, 0.717) is 62.1 Å². The molecule has 31 heavy (non-hydrogen) atoms. The van der Waals surface area contributed by atoms with Gasteiger partial charge in [-0.05, 0) is 37.1 Å². The summed E-state index contributed by atoms with van der Waals surface area (Å²) in [5, 5.41) is 9.38. The van der Waals surface area contributed by atoms with Crippen LogP contribution in [0.2, 0.25) is 10.0 Å². The maximum atomic E-state index is 6.59. The van der Waals surface area contributed by atoms with Crippen LogP contribution in [-0.2, 0) is 0 Å². The van der Waals surface area contributed by atoms with E-state index in [2.05, 4.69) is 34.4 Å². The predicted octanol–water partition coefficient (Wildman–Crippen LogP) is 4.99. The molecule has 0 aliphatic heterocycles. The van der Waals surface area contributed by atoms with E-state index in [9.17, 15) is 0 Å². The second-order valence-corrected chi connectivity index (χ2v) is 7.88. The molecule has 0 atom stereocenters. The number of hydrogen-bond donors (Lipinski definition) is 2. The number of nitrogens with zero attached hydrogens (tertiary/aromatic N) is 4. The number of benzene rings is 1. The van der Waals surface area contributed by atoms with Crippen molar-refractivity contribution in [3.63, 3.8) is 0 Å². The van der Waals surface area contributed by atoms with E-state index >= 15 is 0 Å². The summed E-state index contributed by atoms with van der Waals surface area (Å²) in [4.78, 5) is 13.1. The molecule has 8 nitrogen and oxygen atoms in total. The van der Waals surface area contributed by atoms with Crippen molar-refractivity contribution in [2.45, 2.75) is 26.3 Å². The summed E-state index contributed by atoms with van der Waals surface area (Å²) in [5.74, 6) is 1.44. The Hall–Kier alpha value is -2.55. The molecular weight excluding hydrogens is 439 g/mol. The number of anilines is 1. The monoisotopic (exact) mass is 463 g/mol. The summed E-state index contributed by atoms with van der Waals surface area (Å²) >= 11 is 13.2. The zero-order valence-electron chi connectivity index (χ0n) is 17.9. The Bertz CT molecular complexity index is 1050. The van der Waals surface area contributed by atoms with Gasteiger partial charge in [-0.2, -0.15) is 0 Å². The molecule has 0 unspecified atom stereocenters. The first-order valence-electron chi connectivity index (χ1n) is 9.80. The van der Waals surface area contributed by atoms with E-state index in [-0.39, 0.29) is 5.95 Å². The molecule has 0 saturated carbocycles. The highest BCUT2D eigenvalue weighted by Crippen LogP contribution is 2.46. The molecule has 3 N–H and O–H groups in total. The third-order valence-electron chi connectivity index (χ3n) is 4.54. The van der Waals surface area contributed by atoms with E-state index in [4.69, 9.17) is 43.4 Å². The fraction of sp³-hybridized carbons (Fsp3) is 0.381. The molecule has 0 fully saturated rings. The van der Waals surface area contributed by atoms with Crippen molar-refractivity contribution in [1.29, 1.82) is 0 Å². The quantitative estimate of drug-likeness (QED) is 0.429. The van der Waals surface area contributed by atoms with Gasteiger partial charge in [0.1, 0.15) is 11.5 Å². The Morgan fingerprint density at radius 2 is 1.77 bits per heavy atom. The van der Waals surface area contributed by atoms with Crippen LogP contribution in [-0.4, -0.2) is 48.3 Å². The standard InChI is InChI=1S/C21H25Cl2N6O2/c1-11(2)25-6-5-7-26-20-19-12(10-27-21(24)29-19)8-13(28-20)16-17(22)14(30-3)9-15(31-4)18(16)23/h8-11,25H,5-7H2,1-4H3,(H2-,24,26,27,28,29)/q-1. The van der Waals surface area contributed by atoms with Crippen molar-refractivity contribution >= 4 is 45.9 Å².